The lowest BCUT2D eigenvalue weighted by Gasteiger charge is -2.09. The second-order valence-corrected chi connectivity index (χ2v) is 7.05. The minimum atomic E-state index is -0.309. The number of carbonyl (C=O) groups is 3. The lowest BCUT2D eigenvalue weighted by Crippen LogP contribution is -2.29. The third-order valence-corrected chi connectivity index (χ3v) is 4.82. The van der Waals surface area contributed by atoms with Crippen LogP contribution < -0.4 is 20.7 Å². The van der Waals surface area contributed by atoms with E-state index in [1.54, 1.807) is 31.4 Å². The Morgan fingerprint density at radius 1 is 0.931 bits per heavy atom. The van der Waals surface area contributed by atoms with Gasteiger partial charge >= 0.3 is 0 Å². The highest BCUT2D eigenvalue weighted by molar-refractivity contribution is 5.99. The van der Waals surface area contributed by atoms with Crippen molar-refractivity contribution < 1.29 is 19.1 Å². The van der Waals surface area contributed by atoms with Crippen molar-refractivity contribution in [2.24, 2.45) is 11.8 Å². The van der Waals surface area contributed by atoms with Gasteiger partial charge < -0.3 is 20.7 Å². The molecule has 2 atom stereocenters. The molecule has 3 rings (SSSR count). The van der Waals surface area contributed by atoms with E-state index in [9.17, 15) is 14.4 Å². The SMILES string of the molecule is COc1ccccc1CCNC(=O)C1CC1C(=O)Nc1ccc(NC(C)=O)cc1. The molecule has 0 aliphatic heterocycles. The van der Waals surface area contributed by atoms with Crippen LogP contribution >= 0.6 is 0 Å². The zero-order chi connectivity index (χ0) is 20.8. The fourth-order valence-corrected chi connectivity index (χ4v) is 3.21. The summed E-state index contributed by atoms with van der Waals surface area (Å²) in [5.74, 6) is -0.208. The Hall–Kier alpha value is -3.35. The fraction of sp³-hybridized carbons (Fsp3) is 0.318. The number of amides is 3. The molecule has 2 unspecified atom stereocenters. The first kappa shape index (κ1) is 20.4. The van der Waals surface area contributed by atoms with Gasteiger partial charge in [-0.15, -0.1) is 0 Å². The van der Waals surface area contributed by atoms with Gasteiger partial charge in [0, 0.05) is 24.8 Å². The quantitative estimate of drug-likeness (QED) is 0.640. The van der Waals surface area contributed by atoms with Crippen LogP contribution in [-0.2, 0) is 20.8 Å². The van der Waals surface area contributed by atoms with Gasteiger partial charge in [-0.1, -0.05) is 18.2 Å². The summed E-state index contributed by atoms with van der Waals surface area (Å²) >= 11 is 0. The molecule has 0 saturated heterocycles. The van der Waals surface area contributed by atoms with Crippen LogP contribution in [-0.4, -0.2) is 31.4 Å². The number of nitrogens with one attached hydrogen (secondary N) is 3. The Morgan fingerprint density at radius 2 is 1.55 bits per heavy atom. The predicted molar refractivity (Wildman–Crippen MR) is 111 cm³/mol. The highest BCUT2D eigenvalue weighted by Crippen LogP contribution is 2.39. The first-order chi connectivity index (χ1) is 14.0. The highest BCUT2D eigenvalue weighted by Gasteiger charge is 2.47. The smallest absolute Gasteiger partial charge is 0.228 e. The van der Waals surface area contributed by atoms with Crippen LogP contribution in [0, 0.1) is 11.8 Å². The molecule has 2 aromatic rings. The van der Waals surface area contributed by atoms with Gasteiger partial charge in [0.2, 0.25) is 17.7 Å². The molecule has 1 aliphatic carbocycles. The fourth-order valence-electron chi connectivity index (χ4n) is 3.21. The summed E-state index contributed by atoms with van der Waals surface area (Å²) in [5, 5.41) is 8.39. The van der Waals surface area contributed by atoms with Crippen LogP contribution in [0.4, 0.5) is 11.4 Å². The van der Waals surface area contributed by atoms with Crippen molar-refractivity contribution in [1.82, 2.24) is 5.32 Å². The molecule has 0 heterocycles. The molecule has 0 radical (unpaired) electrons. The summed E-state index contributed by atoms with van der Waals surface area (Å²) in [4.78, 5) is 35.7. The molecule has 7 nitrogen and oxygen atoms in total. The van der Waals surface area contributed by atoms with Crippen molar-refractivity contribution in [1.29, 1.82) is 0 Å². The molecule has 0 bridgehead atoms. The van der Waals surface area contributed by atoms with Crippen molar-refractivity contribution in [2.45, 2.75) is 19.8 Å². The van der Waals surface area contributed by atoms with Crippen molar-refractivity contribution in [3.63, 3.8) is 0 Å². The first-order valence-corrected chi connectivity index (χ1v) is 9.56. The molecule has 0 spiro atoms. The number of benzene rings is 2. The molecular formula is C22H25N3O4. The molecule has 0 aromatic heterocycles. The standard InChI is InChI=1S/C22H25N3O4/c1-14(26)24-16-7-9-17(10-8-16)25-22(28)19-13-18(19)21(27)23-12-11-15-5-3-4-6-20(15)29-2/h3-10,18-19H,11-13H2,1-2H3,(H,23,27)(H,24,26)(H,25,28). The van der Waals surface area contributed by atoms with Crippen LogP contribution in [0.2, 0.25) is 0 Å². The average Bonchev–Trinajstić information content (AvgIpc) is 3.50. The van der Waals surface area contributed by atoms with Crippen molar-refractivity contribution >= 4 is 29.1 Å². The third-order valence-electron chi connectivity index (χ3n) is 4.82. The zero-order valence-electron chi connectivity index (χ0n) is 16.5. The Bertz CT molecular complexity index is 895. The van der Waals surface area contributed by atoms with Gasteiger partial charge in [-0.3, -0.25) is 14.4 Å². The van der Waals surface area contributed by atoms with Crippen LogP contribution in [0.1, 0.15) is 18.9 Å². The number of carbonyl (C=O) groups excluding carboxylic acids is 3. The first-order valence-electron chi connectivity index (χ1n) is 9.56. The molecule has 3 amide bonds. The summed E-state index contributed by atoms with van der Waals surface area (Å²) in [6.07, 6.45) is 1.22. The van der Waals surface area contributed by atoms with E-state index in [2.05, 4.69) is 16.0 Å². The topological polar surface area (TPSA) is 96.5 Å². The number of para-hydroxylation sites is 1. The summed E-state index contributed by atoms with van der Waals surface area (Å²) in [6, 6.07) is 14.6. The number of rotatable bonds is 8. The number of hydrogen-bond donors (Lipinski definition) is 3. The molecule has 29 heavy (non-hydrogen) atoms. The molecule has 152 valence electrons. The van der Waals surface area contributed by atoms with Crippen LogP contribution in [0.5, 0.6) is 5.75 Å². The van der Waals surface area contributed by atoms with E-state index in [4.69, 9.17) is 4.74 Å². The second kappa shape index (κ2) is 9.23. The number of anilines is 2. The molecule has 7 heteroatoms. The monoisotopic (exact) mass is 395 g/mol. The largest absolute Gasteiger partial charge is 0.496 e. The van der Waals surface area contributed by atoms with E-state index < -0.39 is 0 Å². The number of hydrogen-bond acceptors (Lipinski definition) is 4. The van der Waals surface area contributed by atoms with E-state index in [-0.39, 0.29) is 29.6 Å². The summed E-state index contributed by atoms with van der Waals surface area (Å²) in [6.45, 7) is 1.93. The molecule has 3 N–H and O–H groups in total. The van der Waals surface area contributed by atoms with E-state index in [1.165, 1.54) is 6.92 Å². The number of ether oxygens (including phenoxy) is 1. The average molecular weight is 395 g/mol. The summed E-state index contributed by atoms with van der Waals surface area (Å²) in [5.41, 5.74) is 2.32. The van der Waals surface area contributed by atoms with Crippen LogP contribution in [0.3, 0.4) is 0 Å². The minimum Gasteiger partial charge on any atom is -0.496 e. The zero-order valence-corrected chi connectivity index (χ0v) is 16.5. The van der Waals surface area contributed by atoms with Gasteiger partial charge in [0.1, 0.15) is 5.75 Å². The summed E-state index contributed by atoms with van der Waals surface area (Å²) in [7, 11) is 1.62. The van der Waals surface area contributed by atoms with Gasteiger partial charge in [-0.05, 0) is 48.7 Å². The highest BCUT2D eigenvalue weighted by atomic mass is 16.5. The summed E-state index contributed by atoms with van der Waals surface area (Å²) < 4.78 is 5.31. The maximum absolute atomic E-state index is 12.4. The normalized spacial score (nSPS) is 17.2. The van der Waals surface area contributed by atoms with E-state index in [0.29, 0.717) is 30.8 Å². The Kier molecular flexibility index (Phi) is 6.49. The van der Waals surface area contributed by atoms with Crippen LogP contribution in [0.15, 0.2) is 48.5 Å². The van der Waals surface area contributed by atoms with E-state index in [1.807, 2.05) is 24.3 Å². The van der Waals surface area contributed by atoms with Crippen molar-refractivity contribution in [3.05, 3.63) is 54.1 Å². The Balaban J connectivity index is 1.43. The van der Waals surface area contributed by atoms with E-state index >= 15 is 0 Å². The Morgan fingerprint density at radius 3 is 2.21 bits per heavy atom. The maximum Gasteiger partial charge on any atom is 0.228 e. The van der Waals surface area contributed by atoms with Crippen LogP contribution in [0.25, 0.3) is 0 Å². The van der Waals surface area contributed by atoms with Gasteiger partial charge in [0.25, 0.3) is 0 Å². The van der Waals surface area contributed by atoms with Crippen molar-refractivity contribution in [2.75, 3.05) is 24.3 Å². The molecule has 1 fully saturated rings. The van der Waals surface area contributed by atoms with Gasteiger partial charge in [-0.25, -0.2) is 0 Å². The molecule has 1 aliphatic rings. The van der Waals surface area contributed by atoms with E-state index in [0.717, 1.165) is 11.3 Å². The predicted octanol–water partition coefficient (Wildman–Crippen LogP) is 2.59. The molecule has 2 aromatic carbocycles. The maximum atomic E-state index is 12.4. The minimum absolute atomic E-state index is 0.0962. The third kappa shape index (κ3) is 5.57. The molecular weight excluding hydrogens is 370 g/mol. The second-order valence-electron chi connectivity index (χ2n) is 7.05. The van der Waals surface area contributed by atoms with Gasteiger partial charge in [-0.2, -0.15) is 0 Å². The lowest BCUT2D eigenvalue weighted by atomic mass is 10.1. The van der Waals surface area contributed by atoms with Crippen molar-refractivity contribution in [3.8, 4) is 5.75 Å². The van der Waals surface area contributed by atoms with Gasteiger partial charge in [0.05, 0.1) is 18.9 Å². The molecule has 1 saturated carbocycles. The lowest BCUT2D eigenvalue weighted by molar-refractivity contribution is -0.125. The Labute approximate surface area is 169 Å². The number of methoxy groups -OCH3 is 1. The van der Waals surface area contributed by atoms with Gasteiger partial charge in [0.15, 0.2) is 0 Å².